The van der Waals surface area contributed by atoms with Crippen LogP contribution in [0.25, 0.3) is 12.2 Å². The van der Waals surface area contributed by atoms with Gasteiger partial charge < -0.3 is 5.11 Å². The Bertz CT molecular complexity index is 463. The highest BCUT2D eigenvalue weighted by atomic mass is 16.3. The number of benzene rings is 1. The molecular weight excluding hydrogens is 186 g/mol. The lowest BCUT2D eigenvalue weighted by molar-refractivity contribution is 0.474. The molecule has 2 nitrogen and oxygen atoms in total. The lowest BCUT2D eigenvalue weighted by Gasteiger charge is -1.96. The van der Waals surface area contributed by atoms with Crippen molar-refractivity contribution in [2.45, 2.75) is 0 Å². The van der Waals surface area contributed by atoms with E-state index in [-0.39, 0.29) is 5.75 Å². The van der Waals surface area contributed by atoms with Gasteiger partial charge in [0.25, 0.3) is 0 Å². The molecule has 15 heavy (non-hydrogen) atoms. The molecule has 0 amide bonds. The summed E-state index contributed by atoms with van der Waals surface area (Å²) in [5, 5.41) is 9.52. The van der Waals surface area contributed by atoms with Gasteiger partial charge in [-0.3, -0.25) is 4.98 Å². The summed E-state index contributed by atoms with van der Waals surface area (Å²) in [4.78, 5) is 4.16. The molecule has 1 heterocycles. The van der Waals surface area contributed by atoms with Gasteiger partial charge >= 0.3 is 0 Å². The van der Waals surface area contributed by atoms with Crippen LogP contribution in [0.15, 0.2) is 48.7 Å². The van der Waals surface area contributed by atoms with Crippen LogP contribution >= 0.6 is 0 Å². The second-order valence-electron chi connectivity index (χ2n) is 3.15. The number of para-hydroxylation sites is 1. The number of hydrogen-bond donors (Lipinski definition) is 1. The number of aromatic nitrogens is 1. The first-order chi connectivity index (χ1) is 7.36. The van der Waals surface area contributed by atoms with Gasteiger partial charge in [-0.15, -0.1) is 0 Å². The summed E-state index contributed by atoms with van der Waals surface area (Å²) >= 11 is 0. The molecule has 1 aromatic carbocycles. The summed E-state index contributed by atoms with van der Waals surface area (Å²) in [7, 11) is 0. The van der Waals surface area contributed by atoms with Gasteiger partial charge in [0.05, 0.1) is 5.69 Å². The van der Waals surface area contributed by atoms with Crippen molar-refractivity contribution in [1.29, 1.82) is 0 Å². The van der Waals surface area contributed by atoms with E-state index in [0.717, 1.165) is 11.3 Å². The zero-order valence-corrected chi connectivity index (χ0v) is 8.17. The number of aromatic hydroxyl groups is 1. The summed E-state index contributed by atoms with van der Waals surface area (Å²) in [6.07, 6.45) is 5.46. The molecule has 0 bridgehead atoms. The highest BCUT2D eigenvalue weighted by molar-refractivity contribution is 5.70. The smallest absolute Gasteiger partial charge is 0.122 e. The Hall–Kier alpha value is -2.09. The van der Waals surface area contributed by atoms with Crippen LogP contribution in [0, 0.1) is 0 Å². The maximum absolute atomic E-state index is 9.52. The maximum atomic E-state index is 9.52. The van der Waals surface area contributed by atoms with Crippen LogP contribution in [0.4, 0.5) is 0 Å². The van der Waals surface area contributed by atoms with Crippen LogP contribution in [0.1, 0.15) is 11.3 Å². The van der Waals surface area contributed by atoms with E-state index in [2.05, 4.69) is 4.98 Å². The topological polar surface area (TPSA) is 33.1 Å². The first-order valence-corrected chi connectivity index (χ1v) is 4.73. The summed E-state index contributed by atoms with van der Waals surface area (Å²) in [6, 6.07) is 12.9. The molecule has 2 rings (SSSR count). The van der Waals surface area contributed by atoms with Crippen LogP contribution in [0.5, 0.6) is 5.75 Å². The van der Waals surface area contributed by atoms with E-state index in [9.17, 15) is 5.11 Å². The van der Waals surface area contributed by atoms with E-state index >= 15 is 0 Å². The summed E-state index contributed by atoms with van der Waals surface area (Å²) in [5.41, 5.74) is 1.67. The molecule has 0 aliphatic rings. The number of pyridine rings is 1. The highest BCUT2D eigenvalue weighted by Gasteiger charge is 1.93. The molecule has 0 saturated carbocycles. The normalized spacial score (nSPS) is 10.7. The minimum absolute atomic E-state index is 0.282. The molecule has 0 aliphatic carbocycles. The number of phenolic OH excluding ortho intramolecular Hbond substituents is 1. The Kier molecular flexibility index (Phi) is 2.79. The minimum Gasteiger partial charge on any atom is -0.507 e. The molecule has 0 aliphatic heterocycles. The third-order valence-electron chi connectivity index (χ3n) is 2.06. The standard InChI is InChI=1S/C13H11NO/c15-13-7-2-1-5-11(13)8-9-12-6-3-4-10-14-12/h1-10,15H/b9-8-. The van der Waals surface area contributed by atoms with Crippen LogP contribution in [-0.2, 0) is 0 Å². The molecule has 0 fully saturated rings. The molecule has 0 saturated heterocycles. The SMILES string of the molecule is Oc1ccccc1/C=C\c1ccccn1. The Morgan fingerprint density at radius 3 is 2.47 bits per heavy atom. The summed E-state index contributed by atoms with van der Waals surface area (Å²) in [5.74, 6) is 0.282. The number of rotatable bonds is 2. The third kappa shape index (κ3) is 2.44. The monoisotopic (exact) mass is 197 g/mol. The molecule has 0 atom stereocenters. The fraction of sp³-hybridized carbons (Fsp3) is 0. The van der Waals surface area contributed by atoms with Gasteiger partial charge in [0.15, 0.2) is 0 Å². The third-order valence-corrected chi connectivity index (χ3v) is 2.06. The van der Waals surface area contributed by atoms with E-state index in [4.69, 9.17) is 0 Å². The van der Waals surface area contributed by atoms with Crippen molar-refractivity contribution in [2.75, 3.05) is 0 Å². The molecule has 0 unspecified atom stereocenters. The van der Waals surface area contributed by atoms with Gasteiger partial charge in [-0.05, 0) is 30.4 Å². The van der Waals surface area contributed by atoms with Crippen molar-refractivity contribution in [1.82, 2.24) is 4.98 Å². The molecule has 0 spiro atoms. The first kappa shape index (κ1) is 9.46. The van der Waals surface area contributed by atoms with E-state index in [1.807, 2.05) is 42.5 Å². The largest absolute Gasteiger partial charge is 0.507 e. The van der Waals surface area contributed by atoms with Gasteiger partial charge in [0.2, 0.25) is 0 Å². The predicted octanol–water partition coefficient (Wildman–Crippen LogP) is 2.96. The molecule has 74 valence electrons. The van der Waals surface area contributed by atoms with Crippen LogP contribution in [0.3, 0.4) is 0 Å². The average Bonchev–Trinajstić information content (AvgIpc) is 2.29. The van der Waals surface area contributed by atoms with Crippen LogP contribution < -0.4 is 0 Å². The van der Waals surface area contributed by atoms with Gasteiger partial charge in [-0.25, -0.2) is 0 Å². The molecular formula is C13H11NO. The zero-order chi connectivity index (χ0) is 10.5. The van der Waals surface area contributed by atoms with Crippen molar-refractivity contribution < 1.29 is 5.11 Å². The molecule has 0 radical (unpaired) electrons. The number of hydrogen-bond acceptors (Lipinski definition) is 2. The van der Waals surface area contributed by atoms with E-state index in [0.29, 0.717) is 0 Å². The predicted molar refractivity (Wildman–Crippen MR) is 61.3 cm³/mol. The van der Waals surface area contributed by atoms with E-state index < -0.39 is 0 Å². The number of nitrogens with zero attached hydrogens (tertiary/aromatic N) is 1. The lowest BCUT2D eigenvalue weighted by atomic mass is 10.2. The van der Waals surface area contributed by atoms with Crippen molar-refractivity contribution in [3.8, 4) is 5.75 Å². The first-order valence-electron chi connectivity index (χ1n) is 4.73. The van der Waals surface area contributed by atoms with Gasteiger partial charge in [0, 0.05) is 11.8 Å². The van der Waals surface area contributed by atoms with E-state index in [1.165, 1.54) is 0 Å². The van der Waals surface area contributed by atoms with Gasteiger partial charge in [0.1, 0.15) is 5.75 Å². The fourth-order valence-corrected chi connectivity index (χ4v) is 1.28. The molecule has 2 heteroatoms. The Balaban J connectivity index is 2.23. The summed E-state index contributed by atoms with van der Waals surface area (Å²) < 4.78 is 0. The van der Waals surface area contributed by atoms with Crippen LogP contribution in [-0.4, -0.2) is 10.1 Å². The van der Waals surface area contributed by atoms with Crippen molar-refractivity contribution in [2.24, 2.45) is 0 Å². The Labute approximate surface area is 88.5 Å². The maximum Gasteiger partial charge on any atom is 0.122 e. The molecule has 2 aromatic rings. The van der Waals surface area contributed by atoms with E-state index in [1.54, 1.807) is 18.3 Å². The van der Waals surface area contributed by atoms with Crippen molar-refractivity contribution >= 4 is 12.2 Å². The second kappa shape index (κ2) is 4.42. The van der Waals surface area contributed by atoms with Crippen molar-refractivity contribution in [3.63, 3.8) is 0 Å². The van der Waals surface area contributed by atoms with Gasteiger partial charge in [-0.2, -0.15) is 0 Å². The number of phenols is 1. The summed E-state index contributed by atoms with van der Waals surface area (Å²) in [6.45, 7) is 0. The lowest BCUT2D eigenvalue weighted by Crippen LogP contribution is -1.77. The Morgan fingerprint density at radius 1 is 0.933 bits per heavy atom. The minimum atomic E-state index is 0.282. The highest BCUT2D eigenvalue weighted by Crippen LogP contribution is 2.17. The molecule has 1 aromatic heterocycles. The zero-order valence-electron chi connectivity index (χ0n) is 8.17. The van der Waals surface area contributed by atoms with Crippen LogP contribution in [0.2, 0.25) is 0 Å². The quantitative estimate of drug-likeness (QED) is 0.802. The fourth-order valence-electron chi connectivity index (χ4n) is 1.28. The van der Waals surface area contributed by atoms with Crippen molar-refractivity contribution in [3.05, 3.63) is 59.9 Å². The van der Waals surface area contributed by atoms with Gasteiger partial charge in [-0.1, -0.05) is 24.3 Å². The second-order valence-corrected chi connectivity index (χ2v) is 3.15. The average molecular weight is 197 g/mol. The Morgan fingerprint density at radius 2 is 1.73 bits per heavy atom. The molecule has 1 N–H and O–H groups in total.